The molecule has 4 rings (SSSR count). The third-order valence-electron chi connectivity index (χ3n) is 6.26. The van der Waals surface area contributed by atoms with Crippen LogP contribution in [0, 0.1) is 16.7 Å². The van der Waals surface area contributed by atoms with Gasteiger partial charge < -0.3 is 10.3 Å². The Morgan fingerprint density at radius 2 is 2.07 bits per heavy atom. The zero-order chi connectivity index (χ0) is 20.9. The molecule has 2 aromatic rings. The third kappa shape index (κ3) is 4.33. The van der Waals surface area contributed by atoms with Crippen molar-refractivity contribution in [3.05, 3.63) is 30.2 Å². The SMILES string of the molecule is CC(C)(C)CS(=O)(=O)N1CCC2(CC1)CC2CNC(=O)c1cc2cnccc2[nH]1. The lowest BCUT2D eigenvalue weighted by atomic mass is 9.92. The maximum atomic E-state index is 12.6. The highest BCUT2D eigenvalue weighted by Crippen LogP contribution is 2.59. The number of hydrogen-bond acceptors (Lipinski definition) is 4. The van der Waals surface area contributed by atoms with Crippen molar-refractivity contribution in [1.82, 2.24) is 19.6 Å². The molecule has 1 spiro atoms. The number of amides is 1. The first-order valence-electron chi connectivity index (χ1n) is 10.3. The van der Waals surface area contributed by atoms with Crippen molar-refractivity contribution in [3.63, 3.8) is 0 Å². The van der Waals surface area contributed by atoms with Crippen molar-refractivity contribution in [2.45, 2.75) is 40.0 Å². The molecule has 0 bridgehead atoms. The highest BCUT2D eigenvalue weighted by Gasteiger charge is 2.55. The van der Waals surface area contributed by atoms with Crippen molar-refractivity contribution >= 4 is 26.8 Å². The Kier molecular flexibility index (Phi) is 4.98. The second-order valence-electron chi connectivity index (χ2n) is 9.84. The zero-order valence-corrected chi connectivity index (χ0v) is 18.2. The van der Waals surface area contributed by atoms with Gasteiger partial charge in [-0.1, -0.05) is 20.8 Å². The molecule has 1 saturated carbocycles. The fourth-order valence-electron chi connectivity index (χ4n) is 4.59. The second-order valence-corrected chi connectivity index (χ2v) is 11.8. The van der Waals surface area contributed by atoms with E-state index in [4.69, 9.17) is 0 Å². The molecule has 1 unspecified atom stereocenters. The van der Waals surface area contributed by atoms with E-state index in [0.717, 1.165) is 30.2 Å². The average molecular weight is 419 g/mol. The molecule has 2 fully saturated rings. The number of carbonyl (C=O) groups is 1. The zero-order valence-electron chi connectivity index (χ0n) is 17.4. The minimum Gasteiger partial charge on any atom is -0.350 e. The van der Waals surface area contributed by atoms with Crippen LogP contribution in [0.4, 0.5) is 0 Å². The molecular weight excluding hydrogens is 388 g/mol. The monoisotopic (exact) mass is 418 g/mol. The number of nitrogens with one attached hydrogen (secondary N) is 2. The molecule has 7 nitrogen and oxygen atoms in total. The van der Waals surface area contributed by atoms with Crippen molar-refractivity contribution < 1.29 is 13.2 Å². The van der Waals surface area contributed by atoms with Gasteiger partial charge in [-0.3, -0.25) is 9.78 Å². The number of fused-ring (bicyclic) bond motifs is 1. The summed E-state index contributed by atoms with van der Waals surface area (Å²) in [5.41, 5.74) is 1.41. The Hall–Kier alpha value is -1.93. The quantitative estimate of drug-likeness (QED) is 0.780. The van der Waals surface area contributed by atoms with E-state index in [9.17, 15) is 13.2 Å². The van der Waals surface area contributed by atoms with Gasteiger partial charge in [0.1, 0.15) is 5.69 Å². The molecule has 1 aliphatic heterocycles. The summed E-state index contributed by atoms with van der Waals surface area (Å²) in [7, 11) is -3.20. The number of hydrogen-bond donors (Lipinski definition) is 2. The number of aromatic amines is 1. The van der Waals surface area contributed by atoms with Crippen LogP contribution in [-0.2, 0) is 10.0 Å². The minimum absolute atomic E-state index is 0.103. The summed E-state index contributed by atoms with van der Waals surface area (Å²) < 4.78 is 26.9. The molecule has 1 saturated heterocycles. The first kappa shape index (κ1) is 20.3. The topological polar surface area (TPSA) is 95.2 Å². The van der Waals surface area contributed by atoms with Crippen LogP contribution in [0.2, 0.25) is 0 Å². The second kappa shape index (κ2) is 7.09. The average Bonchev–Trinajstić information content (AvgIpc) is 3.11. The van der Waals surface area contributed by atoms with Crippen LogP contribution in [-0.4, -0.2) is 54.0 Å². The predicted molar refractivity (Wildman–Crippen MR) is 113 cm³/mol. The number of H-pyrrole nitrogens is 1. The van der Waals surface area contributed by atoms with Crippen molar-refractivity contribution in [1.29, 1.82) is 0 Å². The van der Waals surface area contributed by atoms with Crippen LogP contribution in [0.5, 0.6) is 0 Å². The molecule has 2 aliphatic rings. The summed E-state index contributed by atoms with van der Waals surface area (Å²) in [6.45, 7) is 7.70. The number of carbonyl (C=O) groups excluding carboxylic acids is 1. The highest BCUT2D eigenvalue weighted by molar-refractivity contribution is 7.89. The fourth-order valence-corrected chi connectivity index (χ4v) is 6.60. The van der Waals surface area contributed by atoms with Gasteiger partial charge in [0.05, 0.1) is 5.75 Å². The summed E-state index contributed by atoms with van der Waals surface area (Å²) in [6.07, 6.45) is 6.27. The number of nitrogens with zero attached hydrogens (tertiary/aromatic N) is 2. The van der Waals surface area contributed by atoms with Gasteiger partial charge in [-0.2, -0.15) is 0 Å². The van der Waals surface area contributed by atoms with Crippen LogP contribution in [0.3, 0.4) is 0 Å². The molecule has 158 valence electrons. The summed E-state index contributed by atoms with van der Waals surface area (Å²) in [6, 6.07) is 3.67. The summed E-state index contributed by atoms with van der Waals surface area (Å²) >= 11 is 0. The van der Waals surface area contributed by atoms with Gasteiger partial charge in [0.15, 0.2) is 0 Å². The first-order valence-corrected chi connectivity index (χ1v) is 11.9. The van der Waals surface area contributed by atoms with Crippen LogP contribution in [0.1, 0.15) is 50.5 Å². The highest BCUT2D eigenvalue weighted by atomic mass is 32.2. The van der Waals surface area contributed by atoms with Crippen molar-refractivity contribution in [3.8, 4) is 0 Å². The predicted octanol–water partition coefficient (Wildman–Crippen LogP) is 2.77. The molecule has 0 radical (unpaired) electrons. The van der Waals surface area contributed by atoms with Crippen LogP contribution < -0.4 is 5.32 Å². The molecule has 0 aromatic carbocycles. The number of sulfonamides is 1. The molecule has 2 aromatic heterocycles. The minimum atomic E-state index is -3.20. The van der Waals surface area contributed by atoms with Crippen LogP contribution >= 0.6 is 0 Å². The molecule has 1 amide bonds. The standard InChI is InChI=1S/C21H30N4O3S/c1-20(2,3)14-29(27,28)25-8-5-21(6-9-25)11-16(21)13-23-19(26)18-10-15-12-22-7-4-17(15)24-18/h4,7,10,12,16,24H,5-6,8-9,11,13-14H2,1-3H3,(H,23,26). The summed E-state index contributed by atoms with van der Waals surface area (Å²) in [5, 5.41) is 3.96. The maximum Gasteiger partial charge on any atom is 0.267 e. The number of pyridine rings is 1. The lowest BCUT2D eigenvalue weighted by Crippen LogP contribution is -2.43. The summed E-state index contributed by atoms with van der Waals surface area (Å²) in [5.74, 6) is 0.519. The van der Waals surface area contributed by atoms with E-state index in [1.54, 1.807) is 16.7 Å². The fraction of sp³-hybridized carbons (Fsp3) is 0.619. The largest absolute Gasteiger partial charge is 0.350 e. The lowest BCUT2D eigenvalue weighted by molar-refractivity contribution is 0.0944. The Labute approximate surface area is 172 Å². The van der Waals surface area contributed by atoms with Gasteiger partial charge in [-0.25, -0.2) is 12.7 Å². The molecular formula is C21H30N4O3S. The van der Waals surface area contributed by atoms with Gasteiger partial charge in [0.25, 0.3) is 5.91 Å². The molecule has 29 heavy (non-hydrogen) atoms. The van der Waals surface area contributed by atoms with E-state index in [-0.39, 0.29) is 22.5 Å². The third-order valence-corrected chi connectivity index (χ3v) is 8.64. The van der Waals surface area contributed by atoms with Gasteiger partial charge in [0, 0.05) is 42.9 Å². The first-order chi connectivity index (χ1) is 13.6. The van der Waals surface area contributed by atoms with Gasteiger partial charge in [-0.15, -0.1) is 0 Å². The van der Waals surface area contributed by atoms with E-state index < -0.39 is 10.0 Å². The van der Waals surface area contributed by atoms with Gasteiger partial charge >= 0.3 is 0 Å². The molecule has 2 N–H and O–H groups in total. The van der Waals surface area contributed by atoms with Crippen LogP contribution in [0.25, 0.3) is 10.9 Å². The molecule has 3 heterocycles. The van der Waals surface area contributed by atoms with Crippen molar-refractivity contribution in [2.75, 3.05) is 25.4 Å². The Balaban J connectivity index is 1.29. The van der Waals surface area contributed by atoms with E-state index in [2.05, 4.69) is 15.3 Å². The van der Waals surface area contributed by atoms with E-state index in [1.807, 2.05) is 32.9 Å². The molecule has 8 heteroatoms. The maximum absolute atomic E-state index is 12.6. The molecule has 1 aliphatic carbocycles. The number of rotatable bonds is 5. The Bertz CT molecular complexity index is 981. The van der Waals surface area contributed by atoms with E-state index in [1.165, 1.54) is 0 Å². The smallest absolute Gasteiger partial charge is 0.267 e. The number of piperidine rings is 1. The molecule has 1 atom stereocenters. The Morgan fingerprint density at radius 1 is 1.34 bits per heavy atom. The van der Waals surface area contributed by atoms with Crippen LogP contribution in [0.15, 0.2) is 24.5 Å². The van der Waals surface area contributed by atoms with E-state index >= 15 is 0 Å². The van der Waals surface area contributed by atoms with E-state index in [0.29, 0.717) is 31.2 Å². The van der Waals surface area contributed by atoms with Gasteiger partial charge in [0.2, 0.25) is 10.0 Å². The number of aromatic nitrogens is 2. The lowest BCUT2D eigenvalue weighted by Gasteiger charge is -2.34. The Morgan fingerprint density at radius 3 is 2.72 bits per heavy atom. The normalized spacial score (nSPS) is 22.1. The van der Waals surface area contributed by atoms with Crippen molar-refractivity contribution in [2.24, 2.45) is 16.7 Å². The summed E-state index contributed by atoms with van der Waals surface area (Å²) in [4.78, 5) is 19.7. The van der Waals surface area contributed by atoms with Gasteiger partial charge in [-0.05, 0) is 48.1 Å².